The summed E-state index contributed by atoms with van der Waals surface area (Å²) in [6.45, 7) is 3.46. The molecule has 0 heterocycles. The standard InChI is InChI=1S/C25H23F3O3S/c1-16-13-23(17(2)12-22(16)31-14-24(29)30)32-15-18-4-3-5-19(7-6-18)20-8-10-21(11-9-20)25(26,27)28/h3,5-13H,4,14-15H2,1-2H3,(H,29,30). The molecule has 32 heavy (non-hydrogen) atoms. The van der Waals surface area contributed by atoms with Crippen molar-refractivity contribution >= 4 is 23.3 Å². The lowest BCUT2D eigenvalue weighted by molar-refractivity contribution is -0.139. The number of carboxylic acids is 1. The molecular weight excluding hydrogens is 437 g/mol. The number of aliphatic carboxylic acids is 1. The van der Waals surface area contributed by atoms with Gasteiger partial charge in [-0.1, -0.05) is 42.0 Å². The fourth-order valence-electron chi connectivity index (χ4n) is 3.20. The van der Waals surface area contributed by atoms with Crippen LogP contribution in [0, 0.1) is 13.8 Å². The SMILES string of the molecule is Cc1cc(SCC2=CC=C(c3ccc(C(F)(F)F)cc3)C=CC2)c(C)cc1OCC(=O)O. The zero-order valence-corrected chi connectivity index (χ0v) is 18.5. The van der Waals surface area contributed by atoms with Crippen molar-refractivity contribution in [1.29, 1.82) is 0 Å². The first kappa shape index (κ1) is 23.7. The summed E-state index contributed by atoms with van der Waals surface area (Å²) in [5, 5.41) is 8.79. The molecule has 0 saturated heterocycles. The number of ether oxygens (including phenoxy) is 1. The minimum absolute atomic E-state index is 0.375. The fraction of sp³-hybridized carbons (Fsp3) is 0.240. The smallest absolute Gasteiger partial charge is 0.416 e. The molecule has 0 saturated carbocycles. The van der Waals surface area contributed by atoms with Crippen LogP contribution in [0.2, 0.25) is 0 Å². The Morgan fingerprint density at radius 1 is 1.09 bits per heavy atom. The van der Waals surface area contributed by atoms with E-state index in [2.05, 4.69) is 0 Å². The third-order valence-corrected chi connectivity index (χ3v) is 6.22. The minimum atomic E-state index is -4.34. The van der Waals surface area contributed by atoms with Gasteiger partial charge in [-0.25, -0.2) is 4.79 Å². The molecular formula is C25H23F3O3S. The van der Waals surface area contributed by atoms with Crippen molar-refractivity contribution in [2.45, 2.75) is 31.3 Å². The van der Waals surface area contributed by atoms with Gasteiger partial charge in [-0.3, -0.25) is 0 Å². The summed E-state index contributed by atoms with van der Waals surface area (Å²) in [4.78, 5) is 11.8. The van der Waals surface area contributed by atoms with Crippen LogP contribution in [0.4, 0.5) is 13.2 Å². The van der Waals surface area contributed by atoms with Crippen molar-refractivity contribution in [1.82, 2.24) is 0 Å². The highest BCUT2D eigenvalue weighted by atomic mass is 32.2. The van der Waals surface area contributed by atoms with Crippen molar-refractivity contribution in [2.75, 3.05) is 12.4 Å². The summed E-state index contributed by atoms with van der Waals surface area (Å²) in [5.74, 6) is 0.309. The predicted molar refractivity (Wildman–Crippen MR) is 121 cm³/mol. The van der Waals surface area contributed by atoms with Gasteiger partial charge >= 0.3 is 12.1 Å². The highest BCUT2D eigenvalue weighted by Gasteiger charge is 2.30. The molecule has 1 aliphatic carbocycles. The highest BCUT2D eigenvalue weighted by Crippen LogP contribution is 2.33. The lowest BCUT2D eigenvalue weighted by Gasteiger charge is -2.12. The number of hydrogen-bond donors (Lipinski definition) is 1. The number of allylic oxidation sites excluding steroid dienone is 5. The Balaban J connectivity index is 1.68. The topological polar surface area (TPSA) is 46.5 Å². The molecule has 0 bridgehead atoms. The normalized spacial score (nSPS) is 13.9. The Kier molecular flexibility index (Phi) is 7.51. The average molecular weight is 461 g/mol. The Morgan fingerprint density at radius 3 is 2.47 bits per heavy atom. The molecule has 7 heteroatoms. The number of benzene rings is 2. The van der Waals surface area contributed by atoms with E-state index in [1.54, 1.807) is 11.8 Å². The van der Waals surface area contributed by atoms with E-state index in [0.29, 0.717) is 5.75 Å². The molecule has 0 unspecified atom stereocenters. The summed E-state index contributed by atoms with van der Waals surface area (Å²) >= 11 is 1.68. The van der Waals surface area contributed by atoms with E-state index in [0.717, 1.165) is 51.5 Å². The summed E-state index contributed by atoms with van der Waals surface area (Å²) in [6.07, 6.45) is 4.32. The summed E-state index contributed by atoms with van der Waals surface area (Å²) in [6, 6.07) is 9.03. The molecule has 2 aromatic carbocycles. The number of alkyl halides is 3. The summed E-state index contributed by atoms with van der Waals surface area (Å²) in [7, 11) is 0. The molecule has 0 amide bonds. The molecule has 1 aliphatic rings. The Bertz CT molecular complexity index is 1080. The molecule has 3 nitrogen and oxygen atoms in total. The van der Waals surface area contributed by atoms with E-state index in [1.165, 1.54) is 17.7 Å². The van der Waals surface area contributed by atoms with E-state index in [4.69, 9.17) is 9.84 Å². The van der Waals surface area contributed by atoms with Crippen molar-refractivity contribution in [3.8, 4) is 5.75 Å². The van der Waals surface area contributed by atoms with Gasteiger partial charge in [0.05, 0.1) is 5.56 Å². The largest absolute Gasteiger partial charge is 0.482 e. The highest BCUT2D eigenvalue weighted by molar-refractivity contribution is 7.99. The van der Waals surface area contributed by atoms with Crippen LogP contribution in [-0.4, -0.2) is 23.4 Å². The zero-order valence-electron chi connectivity index (χ0n) is 17.7. The van der Waals surface area contributed by atoms with Crippen LogP contribution in [0.3, 0.4) is 0 Å². The van der Waals surface area contributed by atoms with E-state index in [-0.39, 0.29) is 6.61 Å². The Labute approximate surface area is 189 Å². The van der Waals surface area contributed by atoms with Crippen molar-refractivity contribution in [3.63, 3.8) is 0 Å². The maximum atomic E-state index is 12.8. The van der Waals surface area contributed by atoms with Gasteiger partial charge < -0.3 is 9.84 Å². The van der Waals surface area contributed by atoms with Gasteiger partial charge in [0, 0.05) is 10.6 Å². The number of aryl methyl sites for hydroxylation is 2. The number of rotatable bonds is 7. The third kappa shape index (κ3) is 6.29. The molecule has 3 rings (SSSR count). The lowest BCUT2D eigenvalue weighted by atomic mass is 10.0. The molecule has 168 valence electrons. The van der Waals surface area contributed by atoms with E-state index in [1.807, 2.05) is 50.3 Å². The molecule has 0 atom stereocenters. The quantitative estimate of drug-likeness (QED) is 0.459. The van der Waals surface area contributed by atoms with Crippen molar-refractivity contribution in [2.24, 2.45) is 0 Å². The number of carbonyl (C=O) groups is 1. The van der Waals surface area contributed by atoms with Gasteiger partial charge in [-0.2, -0.15) is 13.2 Å². The van der Waals surface area contributed by atoms with Crippen LogP contribution in [0.5, 0.6) is 5.75 Å². The van der Waals surface area contributed by atoms with Gasteiger partial charge in [0.1, 0.15) is 5.75 Å². The zero-order chi connectivity index (χ0) is 23.3. The van der Waals surface area contributed by atoms with Crippen LogP contribution in [0.25, 0.3) is 5.57 Å². The Morgan fingerprint density at radius 2 is 1.81 bits per heavy atom. The second-order valence-corrected chi connectivity index (χ2v) is 8.50. The molecule has 0 spiro atoms. The maximum absolute atomic E-state index is 12.8. The van der Waals surface area contributed by atoms with Gasteiger partial charge in [0.15, 0.2) is 6.61 Å². The number of thioether (sulfide) groups is 1. The number of carboxylic acid groups (broad SMARTS) is 1. The van der Waals surface area contributed by atoms with Gasteiger partial charge in [-0.05, 0) is 66.8 Å². The van der Waals surface area contributed by atoms with Gasteiger partial charge in [0.2, 0.25) is 0 Å². The first-order chi connectivity index (χ1) is 15.1. The van der Waals surface area contributed by atoms with E-state index >= 15 is 0 Å². The fourth-order valence-corrected chi connectivity index (χ4v) is 4.31. The first-order valence-electron chi connectivity index (χ1n) is 9.96. The summed E-state index contributed by atoms with van der Waals surface area (Å²) < 4.78 is 43.7. The van der Waals surface area contributed by atoms with Crippen LogP contribution in [0.1, 0.15) is 28.7 Å². The predicted octanol–water partition coefficient (Wildman–Crippen LogP) is 6.85. The van der Waals surface area contributed by atoms with Gasteiger partial charge in [-0.15, -0.1) is 11.8 Å². The molecule has 2 aromatic rings. The molecule has 0 radical (unpaired) electrons. The van der Waals surface area contributed by atoms with Crippen LogP contribution < -0.4 is 4.74 Å². The lowest BCUT2D eigenvalue weighted by Crippen LogP contribution is -2.10. The Hall–Kier alpha value is -2.93. The van der Waals surface area contributed by atoms with Crippen LogP contribution in [0.15, 0.2) is 71.2 Å². The van der Waals surface area contributed by atoms with E-state index in [9.17, 15) is 18.0 Å². The molecule has 0 aliphatic heterocycles. The second kappa shape index (κ2) is 10.1. The van der Waals surface area contributed by atoms with Crippen LogP contribution in [-0.2, 0) is 11.0 Å². The molecule has 1 N–H and O–H groups in total. The molecule has 0 aromatic heterocycles. The molecule has 0 fully saturated rings. The monoisotopic (exact) mass is 460 g/mol. The summed E-state index contributed by atoms with van der Waals surface area (Å²) in [5.41, 5.74) is 4.02. The van der Waals surface area contributed by atoms with Crippen molar-refractivity contribution < 1.29 is 27.8 Å². The maximum Gasteiger partial charge on any atom is 0.416 e. The number of halogens is 3. The van der Waals surface area contributed by atoms with Gasteiger partial charge in [0.25, 0.3) is 0 Å². The van der Waals surface area contributed by atoms with Crippen LogP contribution >= 0.6 is 11.8 Å². The third-order valence-electron chi connectivity index (χ3n) is 4.96. The first-order valence-corrected chi connectivity index (χ1v) is 10.9. The van der Waals surface area contributed by atoms with Crippen molar-refractivity contribution in [3.05, 3.63) is 88.5 Å². The minimum Gasteiger partial charge on any atom is -0.482 e. The average Bonchev–Trinajstić information content (AvgIpc) is 2.98. The number of hydrogen-bond acceptors (Lipinski definition) is 3. The second-order valence-electron chi connectivity index (χ2n) is 7.48. The van der Waals surface area contributed by atoms with E-state index < -0.39 is 17.7 Å².